The van der Waals surface area contributed by atoms with Crippen molar-refractivity contribution in [3.63, 3.8) is 0 Å². The molecule has 1 aromatic carbocycles. The molecule has 0 spiro atoms. The summed E-state index contributed by atoms with van der Waals surface area (Å²) in [7, 11) is 1.94. The van der Waals surface area contributed by atoms with Crippen LogP contribution in [0.4, 0.5) is 0 Å². The van der Waals surface area contributed by atoms with Gasteiger partial charge in [0.25, 0.3) is 0 Å². The van der Waals surface area contributed by atoms with Crippen LogP contribution in [0.5, 0.6) is 0 Å². The quantitative estimate of drug-likeness (QED) is 0.847. The van der Waals surface area contributed by atoms with Crippen LogP contribution < -0.4 is 5.32 Å². The smallest absolute Gasteiger partial charge is 0.223 e. The van der Waals surface area contributed by atoms with E-state index >= 15 is 0 Å². The Kier molecular flexibility index (Phi) is 8.00. The normalized spacial score (nSPS) is 16.8. The largest absolute Gasteiger partial charge is 0.342 e. The highest BCUT2D eigenvalue weighted by molar-refractivity contribution is 5.85. The lowest BCUT2D eigenvalue weighted by molar-refractivity contribution is -0.131. The number of rotatable bonds is 5. The first-order valence-electron chi connectivity index (χ1n) is 8.07. The van der Waals surface area contributed by atoms with Crippen LogP contribution in [0.2, 0.25) is 0 Å². The predicted octanol–water partition coefficient (Wildman–Crippen LogP) is 2.86. The first kappa shape index (κ1) is 20.7. The van der Waals surface area contributed by atoms with Crippen molar-refractivity contribution in [1.29, 1.82) is 0 Å². The molecule has 5 nitrogen and oxygen atoms in total. The Balaban J connectivity index is 0.00000144. The summed E-state index contributed by atoms with van der Waals surface area (Å²) in [5, 5.41) is 3.18. The van der Waals surface area contributed by atoms with Crippen LogP contribution in [-0.4, -0.2) is 47.0 Å². The van der Waals surface area contributed by atoms with Crippen molar-refractivity contribution in [2.75, 3.05) is 20.1 Å². The average molecular weight is 373 g/mol. The molecule has 134 valence electrons. The number of likely N-dealkylation sites (N-methyl/N-ethyl adjacent to an activating group) is 1. The minimum Gasteiger partial charge on any atom is -0.342 e. The topological polar surface area (TPSA) is 61.0 Å². The van der Waals surface area contributed by atoms with Crippen LogP contribution in [0.25, 0.3) is 11.0 Å². The summed E-state index contributed by atoms with van der Waals surface area (Å²) >= 11 is 0. The number of likely N-dealkylation sites (tertiary alicyclic amines) is 1. The van der Waals surface area contributed by atoms with Crippen LogP contribution in [-0.2, 0) is 11.2 Å². The standard InChI is InChI=1S/C17H24N4O.2ClH/c1-12-5-3-7-14-17(12)20-15(19-14)8-9-16(22)21-10-4-6-13(21)11-18-2;;/h3,5,7,13,18H,4,6,8-11H2,1-2H3,(H,19,20);2*1H. The lowest BCUT2D eigenvalue weighted by Crippen LogP contribution is -2.40. The Morgan fingerprint density at radius 1 is 1.42 bits per heavy atom. The van der Waals surface area contributed by atoms with Crippen LogP contribution in [0, 0.1) is 6.92 Å². The summed E-state index contributed by atoms with van der Waals surface area (Å²) in [5.41, 5.74) is 3.23. The van der Waals surface area contributed by atoms with Gasteiger partial charge in [0.05, 0.1) is 11.0 Å². The monoisotopic (exact) mass is 372 g/mol. The molecule has 1 saturated heterocycles. The number of benzene rings is 1. The van der Waals surface area contributed by atoms with E-state index in [1.165, 1.54) is 5.56 Å². The molecule has 0 bridgehead atoms. The van der Waals surface area contributed by atoms with Crippen molar-refractivity contribution >= 4 is 41.8 Å². The summed E-state index contributed by atoms with van der Waals surface area (Å²) in [4.78, 5) is 22.4. The highest BCUT2D eigenvalue weighted by Gasteiger charge is 2.27. The average Bonchev–Trinajstić information content (AvgIpc) is 3.12. The Morgan fingerprint density at radius 3 is 2.92 bits per heavy atom. The number of aromatic amines is 1. The van der Waals surface area contributed by atoms with E-state index in [0.717, 1.165) is 42.8 Å². The number of nitrogens with zero attached hydrogens (tertiary/aromatic N) is 2. The number of nitrogens with one attached hydrogen (secondary N) is 2. The summed E-state index contributed by atoms with van der Waals surface area (Å²) in [6.07, 6.45) is 3.42. The Labute approximate surface area is 155 Å². The maximum atomic E-state index is 12.4. The molecule has 0 aliphatic carbocycles. The third-order valence-electron chi connectivity index (χ3n) is 4.48. The summed E-state index contributed by atoms with van der Waals surface area (Å²) in [6, 6.07) is 6.47. The number of para-hydroxylation sites is 1. The molecular formula is C17H26Cl2N4O. The second-order valence-corrected chi connectivity index (χ2v) is 6.10. The van der Waals surface area contributed by atoms with E-state index in [1.807, 2.05) is 24.1 Å². The second kappa shape index (κ2) is 9.25. The van der Waals surface area contributed by atoms with Crippen molar-refractivity contribution < 1.29 is 4.79 Å². The zero-order valence-electron chi connectivity index (χ0n) is 14.2. The highest BCUT2D eigenvalue weighted by Crippen LogP contribution is 2.19. The molecule has 1 aliphatic rings. The number of carbonyl (C=O) groups is 1. The van der Waals surface area contributed by atoms with Crippen molar-refractivity contribution in [2.24, 2.45) is 0 Å². The number of imidazole rings is 1. The van der Waals surface area contributed by atoms with Gasteiger partial charge in [-0.25, -0.2) is 4.98 Å². The van der Waals surface area contributed by atoms with Gasteiger partial charge in [0.1, 0.15) is 5.82 Å². The van der Waals surface area contributed by atoms with Crippen LogP contribution in [0.3, 0.4) is 0 Å². The van der Waals surface area contributed by atoms with Gasteiger partial charge >= 0.3 is 0 Å². The van der Waals surface area contributed by atoms with Crippen LogP contribution in [0.15, 0.2) is 18.2 Å². The van der Waals surface area contributed by atoms with Crippen molar-refractivity contribution in [1.82, 2.24) is 20.2 Å². The van der Waals surface area contributed by atoms with E-state index in [1.54, 1.807) is 0 Å². The van der Waals surface area contributed by atoms with Crippen LogP contribution >= 0.6 is 24.8 Å². The minimum atomic E-state index is 0. The molecule has 0 saturated carbocycles. The fourth-order valence-electron chi connectivity index (χ4n) is 3.33. The SMILES string of the molecule is CNCC1CCCN1C(=O)CCc1nc2c(C)cccc2[nH]1.Cl.Cl. The molecule has 3 rings (SSSR count). The number of hydrogen-bond donors (Lipinski definition) is 2. The molecule has 7 heteroatoms. The second-order valence-electron chi connectivity index (χ2n) is 6.10. The third-order valence-corrected chi connectivity index (χ3v) is 4.48. The van der Waals surface area contributed by atoms with Gasteiger partial charge < -0.3 is 15.2 Å². The van der Waals surface area contributed by atoms with E-state index in [4.69, 9.17) is 0 Å². The van der Waals surface area contributed by atoms with Crippen molar-refractivity contribution in [3.05, 3.63) is 29.6 Å². The Hall–Kier alpha value is -1.30. The van der Waals surface area contributed by atoms with Crippen LogP contribution in [0.1, 0.15) is 30.7 Å². The van der Waals surface area contributed by atoms with Gasteiger partial charge in [-0.2, -0.15) is 0 Å². The van der Waals surface area contributed by atoms with Gasteiger partial charge in [0.15, 0.2) is 0 Å². The molecule has 2 heterocycles. The molecule has 24 heavy (non-hydrogen) atoms. The molecule has 0 radical (unpaired) electrons. The molecular weight excluding hydrogens is 347 g/mol. The minimum absolute atomic E-state index is 0. The van der Waals surface area contributed by atoms with Gasteiger partial charge in [-0.1, -0.05) is 12.1 Å². The van der Waals surface area contributed by atoms with Gasteiger partial charge in [0, 0.05) is 32.0 Å². The van der Waals surface area contributed by atoms with E-state index in [0.29, 0.717) is 18.9 Å². The molecule has 1 atom stereocenters. The van der Waals surface area contributed by atoms with Gasteiger partial charge in [-0.15, -0.1) is 24.8 Å². The zero-order valence-corrected chi connectivity index (χ0v) is 15.8. The maximum Gasteiger partial charge on any atom is 0.223 e. The van der Waals surface area contributed by atoms with Gasteiger partial charge in [-0.3, -0.25) is 4.79 Å². The van der Waals surface area contributed by atoms with Gasteiger partial charge in [0.2, 0.25) is 5.91 Å². The summed E-state index contributed by atoms with van der Waals surface area (Å²) in [5.74, 6) is 1.15. The lowest BCUT2D eigenvalue weighted by Gasteiger charge is -2.24. The van der Waals surface area contributed by atoms with Crippen molar-refractivity contribution in [3.8, 4) is 0 Å². The molecule has 1 amide bonds. The number of fused-ring (bicyclic) bond motifs is 1. The zero-order chi connectivity index (χ0) is 15.5. The lowest BCUT2D eigenvalue weighted by atomic mass is 10.2. The number of H-pyrrole nitrogens is 1. The predicted molar refractivity (Wildman–Crippen MR) is 102 cm³/mol. The number of aromatic nitrogens is 2. The Bertz CT molecular complexity index is 674. The molecule has 1 fully saturated rings. The highest BCUT2D eigenvalue weighted by atomic mass is 35.5. The molecule has 2 N–H and O–H groups in total. The molecule has 1 unspecified atom stereocenters. The molecule has 1 aromatic heterocycles. The summed E-state index contributed by atoms with van der Waals surface area (Å²) in [6.45, 7) is 3.84. The number of aryl methyl sites for hydroxylation is 2. The number of amides is 1. The first-order chi connectivity index (χ1) is 10.7. The first-order valence-corrected chi connectivity index (χ1v) is 8.07. The van der Waals surface area contributed by atoms with Crippen molar-refractivity contribution in [2.45, 2.75) is 38.6 Å². The number of halogens is 2. The van der Waals surface area contributed by atoms with E-state index in [2.05, 4.69) is 28.3 Å². The number of carbonyl (C=O) groups excluding carboxylic acids is 1. The fraction of sp³-hybridized carbons (Fsp3) is 0.529. The Morgan fingerprint density at radius 2 is 2.21 bits per heavy atom. The maximum absolute atomic E-state index is 12.4. The third kappa shape index (κ3) is 4.41. The summed E-state index contributed by atoms with van der Waals surface area (Å²) < 4.78 is 0. The van der Waals surface area contributed by atoms with E-state index in [9.17, 15) is 4.79 Å². The van der Waals surface area contributed by atoms with E-state index in [-0.39, 0.29) is 30.7 Å². The van der Waals surface area contributed by atoms with E-state index < -0.39 is 0 Å². The number of hydrogen-bond acceptors (Lipinski definition) is 3. The fourth-order valence-corrected chi connectivity index (χ4v) is 3.33. The molecule has 1 aliphatic heterocycles. The van der Waals surface area contributed by atoms with Gasteiger partial charge in [-0.05, 0) is 38.4 Å². The molecule has 2 aromatic rings.